The Labute approximate surface area is 169 Å². The minimum atomic E-state index is -0.251. The molecule has 4 nitrogen and oxygen atoms in total. The van der Waals surface area contributed by atoms with E-state index < -0.39 is 0 Å². The van der Waals surface area contributed by atoms with Crippen LogP contribution in [0.3, 0.4) is 0 Å². The van der Waals surface area contributed by atoms with Gasteiger partial charge in [0, 0.05) is 41.3 Å². The highest BCUT2D eigenvalue weighted by Crippen LogP contribution is 2.39. The number of benzene rings is 2. The highest BCUT2D eigenvalue weighted by Gasteiger charge is 2.31. The van der Waals surface area contributed by atoms with E-state index in [0.717, 1.165) is 48.7 Å². The third-order valence-corrected chi connectivity index (χ3v) is 6.23. The van der Waals surface area contributed by atoms with E-state index in [2.05, 4.69) is 41.1 Å². The van der Waals surface area contributed by atoms with Crippen molar-refractivity contribution in [3.8, 4) is 0 Å². The number of halogens is 2. The molecule has 0 aliphatic carbocycles. The van der Waals surface area contributed by atoms with Gasteiger partial charge in [-0.05, 0) is 60.8 Å². The van der Waals surface area contributed by atoms with Crippen LogP contribution >= 0.6 is 23.2 Å². The van der Waals surface area contributed by atoms with Crippen LogP contribution in [-0.4, -0.2) is 37.0 Å². The summed E-state index contributed by atoms with van der Waals surface area (Å²) < 4.78 is 0. The van der Waals surface area contributed by atoms with Crippen LogP contribution in [0.1, 0.15) is 35.4 Å². The van der Waals surface area contributed by atoms with E-state index in [9.17, 15) is 4.79 Å². The third kappa shape index (κ3) is 3.54. The number of carbonyl (C=O) groups is 1. The average Bonchev–Trinajstić information content (AvgIpc) is 3.12. The van der Waals surface area contributed by atoms with E-state index in [0.29, 0.717) is 5.02 Å². The first kappa shape index (κ1) is 18.6. The van der Waals surface area contributed by atoms with Crippen molar-refractivity contribution >= 4 is 34.8 Å². The molecule has 0 aromatic heterocycles. The number of anilines is 1. The number of nitrogens with two attached hydrogens (primary N) is 1. The highest BCUT2D eigenvalue weighted by atomic mass is 35.5. The molecule has 1 saturated heterocycles. The normalized spacial score (nSPS) is 22.7. The summed E-state index contributed by atoms with van der Waals surface area (Å²) in [6.45, 7) is 2.57. The van der Waals surface area contributed by atoms with Gasteiger partial charge in [0.25, 0.3) is 0 Å². The maximum absolute atomic E-state index is 11.8. The fourth-order valence-corrected chi connectivity index (χ4v) is 4.99. The molecule has 4 rings (SSSR count). The fourth-order valence-electron chi connectivity index (χ4n) is 4.42. The second-order valence-corrected chi connectivity index (χ2v) is 8.40. The van der Waals surface area contributed by atoms with Gasteiger partial charge in [-0.25, -0.2) is 0 Å². The molecule has 2 unspecified atom stereocenters. The van der Waals surface area contributed by atoms with E-state index >= 15 is 0 Å². The lowest BCUT2D eigenvalue weighted by Crippen LogP contribution is -2.40. The molecule has 2 aliphatic rings. The Morgan fingerprint density at radius 1 is 1.22 bits per heavy atom. The zero-order valence-electron chi connectivity index (χ0n) is 15.3. The van der Waals surface area contributed by atoms with Crippen molar-refractivity contribution in [1.82, 2.24) is 4.90 Å². The van der Waals surface area contributed by atoms with Gasteiger partial charge >= 0.3 is 0 Å². The SMILES string of the molecule is CN1Cc2c(Cl)cc(Cl)cc2C(c2cccc(N3CCCC3C(N)=O)c2)C1. The molecule has 2 aromatic rings. The van der Waals surface area contributed by atoms with Crippen LogP contribution in [0.4, 0.5) is 5.69 Å². The van der Waals surface area contributed by atoms with Crippen molar-refractivity contribution in [2.24, 2.45) is 5.73 Å². The number of likely N-dealkylation sites (N-methyl/N-ethyl adjacent to an activating group) is 1. The first-order chi connectivity index (χ1) is 12.9. The number of hydrogen-bond donors (Lipinski definition) is 1. The number of amides is 1. The van der Waals surface area contributed by atoms with E-state index in [1.165, 1.54) is 11.1 Å². The molecule has 0 spiro atoms. The molecular formula is C21H23Cl2N3O. The largest absolute Gasteiger partial charge is 0.368 e. The Balaban J connectivity index is 1.74. The molecule has 27 heavy (non-hydrogen) atoms. The standard InChI is InChI=1S/C21H23Cl2N3O/c1-25-11-17(16-9-14(22)10-19(23)18(16)12-25)13-4-2-5-15(8-13)26-7-3-6-20(26)21(24)27/h2,4-5,8-10,17,20H,3,6-7,11-12H2,1H3,(H2,24,27). The zero-order valence-corrected chi connectivity index (χ0v) is 16.8. The van der Waals surface area contributed by atoms with Crippen molar-refractivity contribution in [3.63, 3.8) is 0 Å². The van der Waals surface area contributed by atoms with Gasteiger partial charge in [-0.15, -0.1) is 0 Å². The Morgan fingerprint density at radius 3 is 2.81 bits per heavy atom. The molecule has 142 valence electrons. The third-order valence-electron chi connectivity index (χ3n) is 5.68. The van der Waals surface area contributed by atoms with Crippen LogP contribution in [0.15, 0.2) is 36.4 Å². The van der Waals surface area contributed by atoms with Gasteiger partial charge < -0.3 is 15.5 Å². The number of hydrogen-bond acceptors (Lipinski definition) is 3. The highest BCUT2D eigenvalue weighted by molar-refractivity contribution is 6.35. The molecule has 2 aromatic carbocycles. The van der Waals surface area contributed by atoms with Gasteiger partial charge in [0.1, 0.15) is 6.04 Å². The molecule has 2 atom stereocenters. The predicted molar refractivity (Wildman–Crippen MR) is 111 cm³/mol. The van der Waals surface area contributed by atoms with Crippen molar-refractivity contribution in [2.75, 3.05) is 25.0 Å². The minimum absolute atomic E-state index is 0.185. The second kappa shape index (κ2) is 7.34. The number of carbonyl (C=O) groups excluding carboxylic acids is 1. The first-order valence-corrected chi connectivity index (χ1v) is 10.0. The molecule has 0 saturated carbocycles. The quantitative estimate of drug-likeness (QED) is 0.841. The maximum atomic E-state index is 11.8. The second-order valence-electron chi connectivity index (χ2n) is 7.55. The minimum Gasteiger partial charge on any atom is -0.368 e. The molecule has 2 N–H and O–H groups in total. The molecular weight excluding hydrogens is 381 g/mol. The van der Waals surface area contributed by atoms with Crippen LogP contribution in [0.25, 0.3) is 0 Å². The van der Waals surface area contributed by atoms with Gasteiger partial charge in [0.05, 0.1) is 0 Å². The van der Waals surface area contributed by atoms with Crippen molar-refractivity contribution in [2.45, 2.75) is 31.3 Å². The number of rotatable bonds is 3. The van der Waals surface area contributed by atoms with Crippen LogP contribution in [-0.2, 0) is 11.3 Å². The summed E-state index contributed by atoms with van der Waals surface area (Å²) in [6, 6.07) is 12.1. The molecule has 2 heterocycles. The summed E-state index contributed by atoms with van der Waals surface area (Å²) in [4.78, 5) is 16.2. The van der Waals surface area contributed by atoms with Crippen LogP contribution in [0.5, 0.6) is 0 Å². The first-order valence-electron chi connectivity index (χ1n) is 9.26. The van der Waals surface area contributed by atoms with E-state index in [1.54, 1.807) is 0 Å². The summed E-state index contributed by atoms with van der Waals surface area (Å²) in [5.74, 6) is -0.0660. The van der Waals surface area contributed by atoms with Gasteiger partial charge in [0.2, 0.25) is 5.91 Å². The summed E-state index contributed by atoms with van der Waals surface area (Å²) in [6.07, 6.45) is 1.80. The lowest BCUT2D eigenvalue weighted by molar-refractivity contribution is -0.119. The van der Waals surface area contributed by atoms with E-state index in [-0.39, 0.29) is 17.9 Å². The topological polar surface area (TPSA) is 49.6 Å². The fraction of sp³-hybridized carbons (Fsp3) is 0.381. The molecule has 0 radical (unpaired) electrons. The van der Waals surface area contributed by atoms with Crippen LogP contribution < -0.4 is 10.6 Å². The number of fused-ring (bicyclic) bond motifs is 1. The van der Waals surface area contributed by atoms with E-state index in [1.807, 2.05) is 12.1 Å². The van der Waals surface area contributed by atoms with E-state index in [4.69, 9.17) is 28.9 Å². The van der Waals surface area contributed by atoms with Crippen molar-refractivity contribution in [3.05, 3.63) is 63.1 Å². The molecule has 0 bridgehead atoms. The van der Waals surface area contributed by atoms with Gasteiger partial charge in [-0.1, -0.05) is 35.3 Å². The number of nitrogens with zero attached hydrogens (tertiary/aromatic N) is 2. The smallest absolute Gasteiger partial charge is 0.240 e. The summed E-state index contributed by atoms with van der Waals surface area (Å²) >= 11 is 12.8. The van der Waals surface area contributed by atoms with Gasteiger partial charge in [-0.3, -0.25) is 4.79 Å². The molecule has 6 heteroatoms. The zero-order chi connectivity index (χ0) is 19.1. The molecule has 1 fully saturated rings. The lowest BCUT2D eigenvalue weighted by atomic mass is 9.84. The summed E-state index contributed by atoms with van der Waals surface area (Å²) in [7, 11) is 2.11. The van der Waals surface area contributed by atoms with Crippen LogP contribution in [0, 0.1) is 0 Å². The van der Waals surface area contributed by atoms with Gasteiger partial charge in [-0.2, -0.15) is 0 Å². The van der Waals surface area contributed by atoms with Crippen LogP contribution in [0.2, 0.25) is 10.0 Å². The summed E-state index contributed by atoms with van der Waals surface area (Å²) in [5.41, 5.74) is 10.2. The number of primary amides is 1. The monoisotopic (exact) mass is 403 g/mol. The lowest BCUT2D eigenvalue weighted by Gasteiger charge is -2.34. The summed E-state index contributed by atoms with van der Waals surface area (Å²) in [5, 5.41) is 1.39. The van der Waals surface area contributed by atoms with Crippen molar-refractivity contribution in [1.29, 1.82) is 0 Å². The Hall–Kier alpha value is -1.75. The average molecular weight is 404 g/mol. The Kier molecular flexibility index (Phi) is 5.06. The maximum Gasteiger partial charge on any atom is 0.240 e. The molecule has 1 amide bonds. The molecule has 2 aliphatic heterocycles. The van der Waals surface area contributed by atoms with Gasteiger partial charge in [0.15, 0.2) is 0 Å². The Bertz CT molecular complexity index is 886. The predicted octanol–water partition coefficient (Wildman–Crippen LogP) is 4.02. The Morgan fingerprint density at radius 2 is 2.04 bits per heavy atom. The van der Waals surface area contributed by atoms with Crippen molar-refractivity contribution < 1.29 is 4.79 Å².